The molecule has 0 saturated carbocycles. The minimum Gasteiger partial charge on any atom is -0.493 e. The number of halogens is 2. The summed E-state index contributed by atoms with van der Waals surface area (Å²) in [6.07, 6.45) is -0.807. The van der Waals surface area contributed by atoms with Gasteiger partial charge in [-0.2, -0.15) is 5.26 Å². The Balaban J connectivity index is 2.10. The number of amides is 1. The van der Waals surface area contributed by atoms with Crippen LogP contribution in [0.2, 0.25) is 10.0 Å². The standard InChI is InChI=1S/C17H14Cl2N2O3/c1-10(17(22)21-14-5-4-12(18)8-13(14)19)24-15-6-3-11(9-20)7-16(15)23-2/h3-8,10H,1-2H3,(H,21,22). The van der Waals surface area contributed by atoms with Gasteiger partial charge in [0.05, 0.1) is 29.5 Å². The van der Waals surface area contributed by atoms with E-state index in [0.29, 0.717) is 32.8 Å². The van der Waals surface area contributed by atoms with Crippen molar-refractivity contribution >= 4 is 34.8 Å². The van der Waals surface area contributed by atoms with Crippen LogP contribution in [0.15, 0.2) is 36.4 Å². The van der Waals surface area contributed by atoms with Crippen LogP contribution in [0, 0.1) is 11.3 Å². The van der Waals surface area contributed by atoms with Crippen LogP contribution in [0.3, 0.4) is 0 Å². The molecule has 0 aromatic heterocycles. The van der Waals surface area contributed by atoms with E-state index in [0.717, 1.165) is 0 Å². The topological polar surface area (TPSA) is 71.3 Å². The Morgan fingerprint density at radius 1 is 1.21 bits per heavy atom. The van der Waals surface area contributed by atoms with Crippen molar-refractivity contribution in [1.29, 1.82) is 5.26 Å². The third kappa shape index (κ3) is 4.31. The summed E-state index contributed by atoms with van der Waals surface area (Å²) in [6, 6.07) is 11.5. The summed E-state index contributed by atoms with van der Waals surface area (Å²) in [7, 11) is 1.46. The Kier molecular flexibility index (Phi) is 5.91. The molecule has 0 bridgehead atoms. The van der Waals surface area contributed by atoms with Crippen molar-refractivity contribution in [3.63, 3.8) is 0 Å². The second kappa shape index (κ2) is 7.91. The Morgan fingerprint density at radius 2 is 1.96 bits per heavy atom. The van der Waals surface area contributed by atoms with E-state index >= 15 is 0 Å². The molecular formula is C17H14Cl2N2O3. The van der Waals surface area contributed by atoms with Gasteiger partial charge >= 0.3 is 0 Å². The fourth-order valence-corrected chi connectivity index (χ4v) is 2.36. The lowest BCUT2D eigenvalue weighted by Gasteiger charge is -2.17. The van der Waals surface area contributed by atoms with E-state index in [1.807, 2.05) is 6.07 Å². The van der Waals surface area contributed by atoms with E-state index < -0.39 is 6.10 Å². The molecule has 0 saturated heterocycles. The minimum absolute atomic E-state index is 0.332. The maximum absolute atomic E-state index is 12.3. The molecule has 0 fully saturated rings. The fourth-order valence-electron chi connectivity index (χ4n) is 1.90. The molecule has 1 unspecified atom stereocenters. The SMILES string of the molecule is COc1cc(C#N)ccc1OC(C)C(=O)Nc1ccc(Cl)cc1Cl. The van der Waals surface area contributed by atoms with Crippen LogP contribution in [-0.4, -0.2) is 19.1 Å². The summed E-state index contributed by atoms with van der Waals surface area (Å²) in [5.74, 6) is 0.352. The van der Waals surface area contributed by atoms with Crippen LogP contribution in [0.5, 0.6) is 11.5 Å². The molecule has 24 heavy (non-hydrogen) atoms. The molecule has 124 valence electrons. The molecule has 0 heterocycles. The monoisotopic (exact) mass is 364 g/mol. The maximum Gasteiger partial charge on any atom is 0.265 e. The molecule has 0 aliphatic carbocycles. The molecule has 2 aromatic carbocycles. The van der Waals surface area contributed by atoms with Gasteiger partial charge in [0, 0.05) is 11.1 Å². The molecular weight excluding hydrogens is 351 g/mol. The number of benzene rings is 2. The van der Waals surface area contributed by atoms with Gasteiger partial charge in [-0.05, 0) is 37.3 Å². The van der Waals surface area contributed by atoms with Crippen molar-refractivity contribution in [2.45, 2.75) is 13.0 Å². The minimum atomic E-state index is -0.807. The van der Waals surface area contributed by atoms with Crippen LogP contribution < -0.4 is 14.8 Å². The van der Waals surface area contributed by atoms with Gasteiger partial charge in [0.15, 0.2) is 17.6 Å². The van der Waals surface area contributed by atoms with Gasteiger partial charge in [0.25, 0.3) is 5.91 Å². The predicted molar refractivity (Wildman–Crippen MR) is 92.9 cm³/mol. The smallest absolute Gasteiger partial charge is 0.265 e. The normalized spacial score (nSPS) is 11.3. The van der Waals surface area contributed by atoms with E-state index in [4.69, 9.17) is 37.9 Å². The number of carbonyl (C=O) groups is 1. The van der Waals surface area contributed by atoms with Gasteiger partial charge in [-0.1, -0.05) is 23.2 Å². The van der Waals surface area contributed by atoms with E-state index in [1.165, 1.54) is 19.2 Å². The largest absolute Gasteiger partial charge is 0.493 e. The lowest BCUT2D eigenvalue weighted by Crippen LogP contribution is -2.30. The van der Waals surface area contributed by atoms with Crippen molar-refractivity contribution < 1.29 is 14.3 Å². The number of hydrogen-bond acceptors (Lipinski definition) is 4. The Morgan fingerprint density at radius 3 is 2.58 bits per heavy atom. The molecule has 7 heteroatoms. The number of ether oxygens (including phenoxy) is 2. The molecule has 1 N–H and O–H groups in total. The second-order valence-corrected chi connectivity index (χ2v) is 5.69. The van der Waals surface area contributed by atoms with Crippen LogP contribution >= 0.6 is 23.2 Å². The van der Waals surface area contributed by atoms with E-state index in [2.05, 4.69) is 5.32 Å². The zero-order valence-electron chi connectivity index (χ0n) is 13.0. The summed E-state index contributed by atoms with van der Waals surface area (Å²) in [5, 5.41) is 12.4. The number of nitrogens with zero attached hydrogens (tertiary/aromatic N) is 1. The Hall–Kier alpha value is -2.42. The van der Waals surface area contributed by atoms with Gasteiger partial charge in [0.1, 0.15) is 0 Å². The fraction of sp³-hybridized carbons (Fsp3) is 0.176. The Bertz CT molecular complexity index is 803. The average Bonchev–Trinajstić information content (AvgIpc) is 2.57. The molecule has 0 aliphatic rings. The number of rotatable bonds is 5. The highest BCUT2D eigenvalue weighted by Gasteiger charge is 2.18. The predicted octanol–water partition coefficient (Wildman–Crippen LogP) is 4.28. The van der Waals surface area contributed by atoms with E-state index in [9.17, 15) is 4.79 Å². The average molecular weight is 365 g/mol. The first kappa shape index (κ1) is 17.9. The summed E-state index contributed by atoms with van der Waals surface area (Å²) in [4.78, 5) is 12.3. The highest BCUT2D eigenvalue weighted by atomic mass is 35.5. The first-order valence-electron chi connectivity index (χ1n) is 6.95. The summed E-state index contributed by atoms with van der Waals surface area (Å²) >= 11 is 11.9. The summed E-state index contributed by atoms with van der Waals surface area (Å²) < 4.78 is 10.8. The number of anilines is 1. The van der Waals surface area contributed by atoms with Gasteiger partial charge in [-0.15, -0.1) is 0 Å². The van der Waals surface area contributed by atoms with Crippen LogP contribution in [0.25, 0.3) is 0 Å². The van der Waals surface area contributed by atoms with Crippen LogP contribution in [-0.2, 0) is 4.79 Å². The molecule has 1 amide bonds. The van der Waals surface area contributed by atoms with Crippen molar-refractivity contribution in [2.24, 2.45) is 0 Å². The molecule has 2 rings (SSSR count). The number of nitrogens with one attached hydrogen (secondary N) is 1. The molecule has 0 spiro atoms. The molecule has 2 aromatic rings. The quantitative estimate of drug-likeness (QED) is 0.859. The van der Waals surface area contributed by atoms with Crippen molar-refractivity contribution in [2.75, 3.05) is 12.4 Å². The zero-order valence-corrected chi connectivity index (χ0v) is 14.5. The summed E-state index contributed by atoms with van der Waals surface area (Å²) in [5.41, 5.74) is 0.873. The first-order valence-corrected chi connectivity index (χ1v) is 7.71. The molecule has 1 atom stereocenters. The third-order valence-corrected chi connectivity index (χ3v) is 3.70. The number of carbonyl (C=O) groups excluding carboxylic acids is 1. The maximum atomic E-state index is 12.3. The number of hydrogen-bond donors (Lipinski definition) is 1. The first-order chi connectivity index (χ1) is 11.4. The third-order valence-electron chi connectivity index (χ3n) is 3.15. The number of methoxy groups -OCH3 is 1. The van der Waals surface area contributed by atoms with Gasteiger partial charge in [-0.3, -0.25) is 4.79 Å². The van der Waals surface area contributed by atoms with Gasteiger partial charge in [0.2, 0.25) is 0 Å². The van der Waals surface area contributed by atoms with Gasteiger partial charge in [-0.25, -0.2) is 0 Å². The van der Waals surface area contributed by atoms with Crippen LogP contribution in [0.4, 0.5) is 5.69 Å². The summed E-state index contributed by atoms with van der Waals surface area (Å²) in [6.45, 7) is 1.59. The van der Waals surface area contributed by atoms with E-state index in [-0.39, 0.29) is 5.91 Å². The number of nitriles is 1. The lowest BCUT2D eigenvalue weighted by atomic mass is 10.2. The highest BCUT2D eigenvalue weighted by Crippen LogP contribution is 2.29. The van der Waals surface area contributed by atoms with Crippen LogP contribution in [0.1, 0.15) is 12.5 Å². The molecule has 5 nitrogen and oxygen atoms in total. The van der Waals surface area contributed by atoms with Crippen molar-refractivity contribution in [3.8, 4) is 17.6 Å². The van der Waals surface area contributed by atoms with Crippen molar-refractivity contribution in [3.05, 3.63) is 52.0 Å². The van der Waals surface area contributed by atoms with E-state index in [1.54, 1.807) is 31.2 Å². The molecule has 0 radical (unpaired) electrons. The van der Waals surface area contributed by atoms with Crippen molar-refractivity contribution in [1.82, 2.24) is 0 Å². The second-order valence-electron chi connectivity index (χ2n) is 4.85. The highest BCUT2D eigenvalue weighted by molar-refractivity contribution is 6.36. The van der Waals surface area contributed by atoms with Gasteiger partial charge < -0.3 is 14.8 Å². The molecule has 0 aliphatic heterocycles. The zero-order chi connectivity index (χ0) is 17.7. The lowest BCUT2D eigenvalue weighted by molar-refractivity contribution is -0.122. The Labute approximate surface area is 149 Å².